The van der Waals surface area contributed by atoms with Gasteiger partial charge in [0.15, 0.2) is 0 Å². The Balaban J connectivity index is 2.05. The second-order valence-corrected chi connectivity index (χ2v) is 5.91. The maximum absolute atomic E-state index is 2.38. The maximum atomic E-state index is 2.38. The van der Waals surface area contributed by atoms with Gasteiger partial charge in [0, 0.05) is 10.9 Å². The van der Waals surface area contributed by atoms with Gasteiger partial charge >= 0.3 is 0 Å². The van der Waals surface area contributed by atoms with Gasteiger partial charge in [0.2, 0.25) is 0 Å². The molecule has 3 aromatic carbocycles. The quantitative estimate of drug-likeness (QED) is 0.362. The van der Waals surface area contributed by atoms with Gasteiger partial charge in [0.1, 0.15) is 0 Å². The smallest absolute Gasteiger partial charge is 0.0547 e. The highest BCUT2D eigenvalue weighted by atomic mass is 14.9. The average Bonchev–Trinajstić information content (AvgIpc) is 3.01. The lowest BCUT2D eigenvalue weighted by Gasteiger charge is -2.10. The third-order valence-corrected chi connectivity index (χ3v) is 4.55. The van der Waals surface area contributed by atoms with E-state index >= 15 is 0 Å². The molecule has 1 nitrogen and oxygen atoms in total. The summed E-state index contributed by atoms with van der Waals surface area (Å²) >= 11 is 0. The Bertz CT molecular complexity index is 1150. The molecule has 0 fully saturated rings. The lowest BCUT2D eigenvalue weighted by molar-refractivity contribution is 1.33. The molecule has 2 heterocycles. The highest BCUT2D eigenvalue weighted by Gasteiger charge is 2.11. The molecule has 0 radical (unpaired) electrons. The van der Waals surface area contributed by atoms with Gasteiger partial charge in [-0.25, -0.2) is 0 Å². The van der Waals surface area contributed by atoms with Crippen LogP contribution in [0.15, 0.2) is 91.0 Å². The lowest BCUT2D eigenvalue weighted by atomic mass is 10.0. The molecule has 0 N–H and O–H groups in total. The summed E-state index contributed by atoms with van der Waals surface area (Å²) in [5.41, 5.74) is 6.31. The molecule has 0 saturated carbocycles. The van der Waals surface area contributed by atoms with E-state index in [0.717, 1.165) is 0 Å². The van der Waals surface area contributed by atoms with Crippen LogP contribution in [-0.4, -0.2) is 4.40 Å². The predicted octanol–water partition coefficient (Wildman–Crippen LogP) is 5.91. The summed E-state index contributed by atoms with van der Waals surface area (Å²) in [4.78, 5) is 0. The SMILES string of the molecule is c1ccc(-c2cc3ccccc3n3c2cc2ccccc23)cc1. The van der Waals surface area contributed by atoms with Crippen molar-refractivity contribution < 1.29 is 0 Å². The Morgan fingerprint density at radius 2 is 1.04 bits per heavy atom. The van der Waals surface area contributed by atoms with Crippen molar-refractivity contribution in [3.8, 4) is 11.1 Å². The van der Waals surface area contributed by atoms with Gasteiger partial charge in [0.25, 0.3) is 0 Å². The average molecular weight is 293 g/mol. The van der Waals surface area contributed by atoms with Gasteiger partial charge in [0.05, 0.1) is 16.6 Å². The van der Waals surface area contributed by atoms with E-state index < -0.39 is 0 Å². The molecule has 5 aromatic rings. The first-order chi connectivity index (χ1) is 11.4. The summed E-state index contributed by atoms with van der Waals surface area (Å²) in [7, 11) is 0. The normalized spacial score (nSPS) is 11.5. The third-order valence-electron chi connectivity index (χ3n) is 4.55. The second-order valence-electron chi connectivity index (χ2n) is 5.91. The van der Waals surface area contributed by atoms with Crippen LogP contribution in [-0.2, 0) is 0 Å². The van der Waals surface area contributed by atoms with Crippen LogP contribution in [0.25, 0.3) is 38.4 Å². The zero-order valence-electron chi connectivity index (χ0n) is 12.6. The van der Waals surface area contributed by atoms with Crippen molar-refractivity contribution in [1.82, 2.24) is 4.40 Å². The molecule has 0 spiro atoms. The molecule has 23 heavy (non-hydrogen) atoms. The molecule has 2 aromatic heterocycles. The Hall–Kier alpha value is -3.06. The van der Waals surface area contributed by atoms with E-state index in [1.165, 1.54) is 38.4 Å². The standard InChI is InChI=1S/C22H15N/c1-2-8-16(9-3-1)19-14-17-10-4-6-12-20(17)23-21-13-7-5-11-18(21)15-22(19)23/h1-15H. The van der Waals surface area contributed by atoms with Crippen LogP contribution in [0.2, 0.25) is 0 Å². The number of aromatic nitrogens is 1. The van der Waals surface area contributed by atoms with Gasteiger partial charge < -0.3 is 4.40 Å². The molecule has 0 amide bonds. The number of para-hydroxylation sites is 2. The molecule has 0 atom stereocenters. The molecule has 0 bridgehead atoms. The van der Waals surface area contributed by atoms with Crippen molar-refractivity contribution in [3.05, 3.63) is 91.0 Å². The Labute approximate surface area is 134 Å². The van der Waals surface area contributed by atoms with E-state index in [-0.39, 0.29) is 0 Å². The first-order valence-electron chi connectivity index (χ1n) is 7.89. The molecule has 0 aliphatic rings. The highest BCUT2D eigenvalue weighted by Crippen LogP contribution is 2.33. The van der Waals surface area contributed by atoms with Crippen molar-refractivity contribution in [3.63, 3.8) is 0 Å². The molecule has 0 aliphatic heterocycles. The third kappa shape index (κ3) is 1.80. The van der Waals surface area contributed by atoms with Crippen molar-refractivity contribution in [1.29, 1.82) is 0 Å². The summed E-state index contributed by atoms with van der Waals surface area (Å²) < 4.78 is 2.38. The van der Waals surface area contributed by atoms with E-state index in [9.17, 15) is 0 Å². The number of benzene rings is 3. The summed E-state index contributed by atoms with van der Waals surface area (Å²) in [6, 6.07) is 32.4. The van der Waals surface area contributed by atoms with Crippen LogP contribution < -0.4 is 0 Å². The number of hydrogen-bond donors (Lipinski definition) is 0. The zero-order chi connectivity index (χ0) is 15.2. The largest absolute Gasteiger partial charge is 0.309 e. The minimum Gasteiger partial charge on any atom is -0.309 e. The number of hydrogen-bond acceptors (Lipinski definition) is 0. The van der Waals surface area contributed by atoms with Gasteiger partial charge in [-0.2, -0.15) is 0 Å². The minimum absolute atomic E-state index is 1.25. The number of fused-ring (bicyclic) bond motifs is 5. The van der Waals surface area contributed by atoms with Gasteiger partial charge in [-0.05, 0) is 35.2 Å². The fourth-order valence-corrected chi connectivity index (χ4v) is 3.50. The van der Waals surface area contributed by atoms with E-state index in [0.29, 0.717) is 0 Å². The van der Waals surface area contributed by atoms with Crippen molar-refractivity contribution in [2.75, 3.05) is 0 Å². The molecule has 0 saturated heterocycles. The van der Waals surface area contributed by atoms with Crippen LogP contribution >= 0.6 is 0 Å². The molecule has 108 valence electrons. The fraction of sp³-hybridized carbons (Fsp3) is 0. The molecule has 1 heteroatoms. The van der Waals surface area contributed by atoms with Gasteiger partial charge in [-0.3, -0.25) is 0 Å². The first-order valence-corrected chi connectivity index (χ1v) is 7.89. The van der Waals surface area contributed by atoms with E-state index in [1.807, 2.05) is 0 Å². The van der Waals surface area contributed by atoms with Crippen LogP contribution in [0.5, 0.6) is 0 Å². The molecule has 5 rings (SSSR count). The Morgan fingerprint density at radius 1 is 0.478 bits per heavy atom. The van der Waals surface area contributed by atoms with E-state index in [2.05, 4.69) is 95.4 Å². The highest BCUT2D eigenvalue weighted by molar-refractivity contribution is 6.01. The van der Waals surface area contributed by atoms with Crippen molar-refractivity contribution >= 4 is 27.3 Å². The zero-order valence-corrected chi connectivity index (χ0v) is 12.6. The van der Waals surface area contributed by atoms with Crippen molar-refractivity contribution in [2.24, 2.45) is 0 Å². The van der Waals surface area contributed by atoms with Crippen molar-refractivity contribution in [2.45, 2.75) is 0 Å². The topological polar surface area (TPSA) is 4.41 Å². The molecule has 0 unspecified atom stereocenters. The van der Waals surface area contributed by atoms with Gasteiger partial charge in [-0.15, -0.1) is 0 Å². The Morgan fingerprint density at radius 3 is 1.74 bits per heavy atom. The second kappa shape index (κ2) is 4.72. The number of nitrogens with zero attached hydrogens (tertiary/aromatic N) is 1. The lowest BCUT2D eigenvalue weighted by Crippen LogP contribution is -1.91. The molecule has 0 aliphatic carbocycles. The van der Waals surface area contributed by atoms with Crippen LogP contribution in [0, 0.1) is 0 Å². The fourth-order valence-electron chi connectivity index (χ4n) is 3.50. The summed E-state index contributed by atoms with van der Waals surface area (Å²) in [6.45, 7) is 0. The van der Waals surface area contributed by atoms with Crippen LogP contribution in [0.3, 0.4) is 0 Å². The summed E-state index contributed by atoms with van der Waals surface area (Å²) in [5, 5.41) is 2.54. The monoisotopic (exact) mass is 293 g/mol. The van der Waals surface area contributed by atoms with Gasteiger partial charge in [-0.1, -0.05) is 66.7 Å². The number of pyridine rings is 1. The predicted molar refractivity (Wildman–Crippen MR) is 97.8 cm³/mol. The van der Waals surface area contributed by atoms with Crippen LogP contribution in [0.1, 0.15) is 0 Å². The Kier molecular flexibility index (Phi) is 2.56. The van der Waals surface area contributed by atoms with E-state index in [1.54, 1.807) is 0 Å². The number of rotatable bonds is 1. The van der Waals surface area contributed by atoms with Crippen LogP contribution in [0.4, 0.5) is 0 Å². The first kappa shape index (κ1) is 12.5. The molecular formula is C22H15N. The molecular weight excluding hydrogens is 278 g/mol. The van der Waals surface area contributed by atoms with E-state index in [4.69, 9.17) is 0 Å². The summed E-state index contributed by atoms with van der Waals surface area (Å²) in [5.74, 6) is 0. The maximum Gasteiger partial charge on any atom is 0.0547 e. The summed E-state index contributed by atoms with van der Waals surface area (Å²) in [6.07, 6.45) is 0. The minimum atomic E-state index is 1.25.